The summed E-state index contributed by atoms with van der Waals surface area (Å²) in [7, 11) is 0. The summed E-state index contributed by atoms with van der Waals surface area (Å²) in [6.07, 6.45) is 5.37. The molecule has 1 aromatic carbocycles. The van der Waals surface area contributed by atoms with Crippen LogP contribution >= 0.6 is 0 Å². The molecule has 4 rings (SSSR count). The number of hydrogen-bond acceptors (Lipinski definition) is 4. The molecule has 1 atom stereocenters. The topological polar surface area (TPSA) is 70.4 Å². The number of imidazole rings is 1. The Labute approximate surface area is 176 Å². The summed E-state index contributed by atoms with van der Waals surface area (Å²) in [4.78, 5) is 15.3. The number of halogens is 1. The molecule has 3 aromatic rings. The molecule has 158 valence electrons. The van der Waals surface area contributed by atoms with Crippen LogP contribution in [0.5, 0.6) is 0 Å². The van der Waals surface area contributed by atoms with Gasteiger partial charge < -0.3 is 20.1 Å². The minimum atomic E-state index is -0.272. The van der Waals surface area contributed by atoms with Crippen molar-refractivity contribution in [1.29, 1.82) is 0 Å². The Bertz CT molecular complexity index is 1000. The molecule has 2 N–H and O–H groups in total. The Kier molecular flexibility index (Phi) is 6.41. The molecule has 8 heteroatoms. The van der Waals surface area contributed by atoms with Crippen LogP contribution in [0, 0.1) is 5.82 Å². The average Bonchev–Trinajstić information content (AvgIpc) is 3.39. The molecule has 1 aliphatic rings. The van der Waals surface area contributed by atoms with Crippen LogP contribution in [0.15, 0.2) is 53.9 Å². The van der Waals surface area contributed by atoms with E-state index >= 15 is 0 Å². The molecule has 0 radical (unpaired) electrons. The number of guanidine groups is 1. The standard InChI is InChI=1S/C22H28FN7/c1-2-24-22(26-12-6-13-30-16-27-19-8-3-4-9-20(19)30)28-17-10-14-29(15-17)21-18(23)7-5-11-25-21/h3-5,7-9,11,16-17H,2,6,10,12-15H2,1H3,(H2,24,26,28). The fourth-order valence-corrected chi connectivity index (χ4v) is 3.81. The molecule has 1 aliphatic heterocycles. The summed E-state index contributed by atoms with van der Waals surface area (Å²) in [6, 6.07) is 11.4. The monoisotopic (exact) mass is 409 g/mol. The molecule has 7 nitrogen and oxygen atoms in total. The molecule has 0 bridgehead atoms. The first-order valence-corrected chi connectivity index (χ1v) is 10.5. The maximum Gasteiger partial charge on any atom is 0.191 e. The Balaban J connectivity index is 1.30. The van der Waals surface area contributed by atoms with Gasteiger partial charge >= 0.3 is 0 Å². The largest absolute Gasteiger partial charge is 0.357 e. The van der Waals surface area contributed by atoms with Gasteiger partial charge in [-0.2, -0.15) is 0 Å². The lowest BCUT2D eigenvalue weighted by Gasteiger charge is -2.20. The number of nitrogens with zero attached hydrogens (tertiary/aromatic N) is 5. The van der Waals surface area contributed by atoms with Crippen molar-refractivity contribution in [3.63, 3.8) is 0 Å². The van der Waals surface area contributed by atoms with Crippen LogP contribution in [0.3, 0.4) is 0 Å². The molecule has 0 aliphatic carbocycles. The summed E-state index contributed by atoms with van der Waals surface area (Å²) in [6.45, 7) is 5.92. The lowest BCUT2D eigenvalue weighted by atomic mass is 10.3. The number of aromatic nitrogens is 3. The minimum Gasteiger partial charge on any atom is -0.357 e. The molecule has 0 saturated carbocycles. The van der Waals surface area contributed by atoms with Crippen LogP contribution in [0.25, 0.3) is 11.0 Å². The SMILES string of the molecule is CCNC(=NCCCn1cnc2ccccc21)NC1CCN(c2ncccc2F)C1. The number of rotatable bonds is 7. The molecule has 0 amide bonds. The van der Waals surface area contributed by atoms with Crippen molar-refractivity contribution < 1.29 is 4.39 Å². The Morgan fingerprint density at radius 3 is 3.00 bits per heavy atom. The average molecular weight is 410 g/mol. The molecule has 2 aromatic heterocycles. The highest BCUT2D eigenvalue weighted by Gasteiger charge is 2.25. The summed E-state index contributed by atoms with van der Waals surface area (Å²) in [5, 5.41) is 6.80. The number of nitrogens with one attached hydrogen (secondary N) is 2. The molecule has 1 fully saturated rings. The molecular formula is C22H28FN7. The van der Waals surface area contributed by atoms with Crippen LogP contribution in [-0.4, -0.2) is 52.7 Å². The van der Waals surface area contributed by atoms with Crippen molar-refractivity contribution in [3.05, 3.63) is 54.7 Å². The van der Waals surface area contributed by atoms with Crippen LogP contribution in [0.4, 0.5) is 10.2 Å². The van der Waals surface area contributed by atoms with Gasteiger partial charge in [-0.05, 0) is 44.0 Å². The van der Waals surface area contributed by atoms with E-state index in [1.54, 1.807) is 12.3 Å². The van der Waals surface area contributed by atoms with Gasteiger partial charge in [-0.3, -0.25) is 4.99 Å². The summed E-state index contributed by atoms with van der Waals surface area (Å²) in [5.41, 5.74) is 2.17. The maximum absolute atomic E-state index is 14.0. The zero-order valence-corrected chi connectivity index (χ0v) is 17.3. The number of aliphatic imine (C=N–C) groups is 1. The third kappa shape index (κ3) is 4.69. The quantitative estimate of drug-likeness (QED) is 0.357. The molecule has 0 spiro atoms. The number of benzene rings is 1. The van der Waals surface area contributed by atoms with Gasteiger partial charge in [0.15, 0.2) is 17.6 Å². The van der Waals surface area contributed by atoms with Gasteiger partial charge in [0.2, 0.25) is 0 Å². The van der Waals surface area contributed by atoms with Gasteiger partial charge in [0, 0.05) is 45.0 Å². The van der Waals surface area contributed by atoms with Gasteiger partial charge in [0.25, 0.3) is 0 Å². The third-order valence-electron chi connectivity index (χ3n) is 5.27. The number of hydrogen-bond donors (Lipinski definition) is 2. The van der Waals surface area contributed by atoms with E-state index in [2.05, 4.69) is 38.2 Å². The van der Waals surface area contributed by atoms with E-state index in [0.717, 1.165) is 49.5 Å². The molecule has 1 unspecified atom stereocenters. The summed E-state index contributed by atoms with van der Waals surface area (Å²) < 4.78 is 16.2. The van der Waals surface area contributed by atoms with E-state index in [-0.39, 0.29) is 11.9 Å². The first-order valence-electron chi connectivity index (χ1n) is 10.5. The van der Waals surface area contributed by atoms with E-state index in [1.165, 1.54) is 6.07 Å². The van der Waals surface area contributed by atoms with Crippen molar-refractivity contribution in [3.8, 4) is 0 Å². The second-order valence-electron chi connectivity index (χ2n) is 7.43. The zero-order valence-electron chi connectivity index (χ0n) is 17.3. The van der Waals surface area contributed by atoms with E-state index in [4.69, 9.17) is 4.99 Å². The molecule has 30 heavy (non-hydrogen) atoms. The first-order chi connectivity index (χ1) is 14.7. The van der Waals surface area contributed by atoms with Crippen LogP contribution < -0.4 is 15.5 Å². The number of pyridine rings is 1. The summed E-state index contributed by atoms with van der Waals surface area (Å²) in [5.74, 6) is 0.961. The zero-order chi connectivity index (χ0) is 20.8. The van der Waals surface area contributed by atoms with E-state index in [1.807, 2.05) is 29.4 Å². The summed E-state index contributed by atoms with van der Waals surface area (Å²) >= 11 is 0. The molecule has 3 heterocycles. The van der Waals surface area contributed by atoms with E-state index < -0.39 is 0 Å². The second-order valence-corrected chi connectivity index (χ2v) is 7.43. The lowest BCUT2D eigenvalue weighted by Crippen LogP contribution is -2.44. The number of para-hydroxylation sites is 2. The predicted octanol–water partition coefficient (Wildman–Crippen LogP) is 2.79. The number of anilines is 1. The molecular weight excluding hydrogens is 381 g/mol. The third-order valence-corrected chi connectivity index (χ3v) is 5.27. The van der Waals surface area contributed by atoms with Gasteiger partial charge in [-0.15, -0.1) is 0 Å². The van der Waals surface area contributed by atoms with Gasteiger partial charge in [-0.1, -0.05) is 12.1 Å². The second kappa shape index (κ2) is 9.56. The highest BCUT2D eigenvalue weighted by molar-refractivity contribution is 5.80. The maximum atomic E-state index is 14.0. The van der Waals surface area contributed by atoms with E-state index in [0.29, 0.717) is 18.9 Å². The van der Waals surface area contributed by atoms with Crippen molar-refractivity contribution in [2.45, 2.75) is 32.4 Å². The van der Waals surface area contributed by atoms with Crippen LogP contribution in [0.2, 0.25) is 0 Å². The Morgan fingerprint density at radius 1 is 1.23 bits per heavy atom. The Morgan fingerprint density at radius 2 is 2.13 bits per heavy atom. The van der Waals surface area contributed by atoms with Gasteiger partial charge in [0.05, 0.1) is 17.4 Å². The van der Waals surface area contributed by atoms with Crippen LogP contribution in [0.1, 0.15) is 19.8 Å². The van der Waals surface area contributed by atoms with Crippen molar-refractivity contribution >= 4 is 22.8 Å². The highest BCUT2D eigenvalue weighted by atomic mass is 19.1. The minimum absolute atomic E-state index is 0.210. The number of aryl methyl sites for hydroxylation is 1. The predicted molar refractivity (Wildman–Crippen MR) is 118 cm³/mol. The Hall–Kier alpha value is -3.16. The smallest absolute Gasteiger partial charge is 0.191 e. The van der Waals surface area contributed by atoms with Crippen molar-refractivity contribution in [1.82, 2.24) is 25.2 Å². The first kappa shape index (κ1) is 20.1. The highest BCUT2D eigenvalue weighted by Crippen LogP contribution is 2.20. The fourth-order valence-electron chi connectivity index (χ4n) is 3.81. The normalized spacial score (nSPS) is 16.9. The molecule has 1 saturated heterocycles. The van der Waals surface area contributed by atoms with Crippen molar-refractivity contribution in [2.24, 2.45) is 4.99 Å². The van der Waals surface area contributed by atoms with Crippen molar-refractivity contribution in [2.75, 3.05) is 31.1 Å². The van der Waals surface area contributed by atoms with Gasteiger partial charge in [0.1, 0.15) is 0 Å². The van der Waals surface area contributed by atoms with Crippen LogP contribution in [-0.2, 0) is 6.54 Å². The van der Waals surface area contributed by atoms with Gasteiger partial charge in [-0.25, -0.2) is 14.4 Å². The number of fused-ring (bicyclic) bond motifs is 1. The fraction of sp³-hybridized carbons (Fsp3) is 0.409. The lowest BCUT2D eigenvalue weighted by molar-refractivity contribution is 0.612. The van der Waals surface area contributed by atoms with E-state index in [9.17, 15) is 4.39 Å².